The Bertz CT molecular complexity index is 4270. The highest BCUT2D eigenvalue weighted by molar-refractivity contribution is 6.34. The molecule has 0 radical (unpaired) electrons. The van der Waals surface area contributed by atoms with Crippen LogP contribution in [0.3, 0.4) is 0 Å². The van der Waals surface area contributed by atoms with Gasteiger partial charge in [-0.1, -0.05) is 241 Å². The first-order valence-corrected chi connectivity index (χ1v) is 29.4. The quantitative estimate of drug-likeness (QED) is 0.155. The molecule has 2 aromatic heterocycles. The smallest absolute Gasteiger partial charge is 0.0708 e. The first-order valence-electron chi connectivity index (χ1n) is 29.4. The summed E-state index contributed by atoms with van der Waals surface area (Å²) < 4.78 is 0. The standard InChI is InChI=1S/C80H70N2/c1-77(2,3)51-39-49(40-52(45-51)78(4,5)6)55-31-32-56(50-41-53(79(7,8)9)46-54(42-50)80(10,11)12)70-62-34-36-64-74-63(35-33-61(69(55)70)73(62)74)75-71(59-27-17-15-25-57(59)67-29-19-21-37-81-67)65-43-47-23-13-14-24-48(47)44-66(65)72(76(64)75)60-28-18-16-26-58(60)68-30-20-22-38-82-68/h13-46H,1-12H3. The van der Waals surface area contributed by atoms with Crippen LogP contribution in [0.1, 0.15) is 105 Å². The van der Waals surface area contributed by atoms with Crippen molar-refractivity contribution in [3.8, 4) is 112 Å². The topological polar surface area (TPSA) is 25.8 Å². The van der Waals surface area contributed by atoms with E-state index in [-0.39, 0.29) is 21.7 Å². The van der Waals surface area contributed by atoms with Crippen LogP contribution in [-0.2, 0) is 21.7 Å². The van der Waals surface area contributed by atoms with Crippen LogP contribution in [0.5, 0.6) is 0 Å². The average molecular weight is 1060 g/mol. The van der Waals surface area contributed by atoms with Gasteiger partial charge in [0.05, 0.1) is 11.4 Å². The van der Waals surface area contributed by atoms with E-state index in [1.165, 1.54) is 132 Å². The van der Waals surface area contributed by atoms with Crippen LogP contribution in [0.4, 0.5) is 0 Å². The van der Waals surface area contributed by atoms with Crippen LogP contribution in [0.25, 0.3) is 144 Å². The first kappa shape index (κ1) is 51.4. The zero-order valence-corrected chi connectivity index (χ0v) is 49.5. The SMILES string of the molecule is CC(C)(C)c1cc(-c2ccc(-c3cc(C(C)(C)C)cc(C(C)(C)C)c3)c3c2-c2ccc4c5c(ccc-3c25)-c2c-4c(-c3ccccc3-c3ccccn3)c3cc4ccccc4cc3c2-c2ccccc2-c2ccccn2)cc(C(C)(C)C)c1. The lowest BCUT2D eigenvalue weighted by Crippen LogP contribution is -2.16. The van der Waals surface area contributed by atoms with Crippen LogP contribution in [-0.4, -0.2) is 9.97 Å². The molecule has 14 rings (SSSR count). The van der Waals surface area contributed by atoms with Gasteiger partial charge in [-0.2, -0.15) is 0 Å². The molecule has 82 heavy (non-hydrogen) atoms. The van der Waals surface area contributed by atoms with E-state index < -0.39 is 0 Å². The van der Waals surface area contributed by atoms with Crippen molar-refractivity contribution in [2.75, 3.05) is 0 Å². The fourth-order valence-electron chi connectivity index (χ4n) is 13.4. The summed E-state index contributed by atoms with van der Waals surface area (Å²) in [5.74, 6) is 0. The maximum Gasteiger partial charge on any atom is 0.0708 e. The fourth-order valence-corrected chi connectivity index (χ4v) is 13.4. The third kappa shape index (κ3) is 8.19. The van der Waals surface area contributed by atoms with E-state index in [0.29, 0.717) is 0 Å². The number of fused-ring (bicyclic) bond motifs is 8. The molecule has 2 heterocycles. The third-order valence-electron chi connectivity index (χ3n) is 17.8. The molecule has 400 valence electrons. The van der Waals surface area contributed by atoms with E-state index in [1.807, 2.05) is 24.5 Å². The molecule has 2 heteroatoms. The molecule has 0 bridgehead atoms. The molecule has 0 unspecified atom stereocenters. The lowest BCUT2D eigenvalue weighted by atomic mass is 9.77. The Balaban J connectivity index is 1.15. The van der Waals surface area contributed by atoms with Crippen molar-refractivity contribution >= 4 is 32.3 Å². The Morgan fingerprint density at radius 1 is 0.244 bits per heavy atom. The Hall–Kier alpha value is -8.72. The molecule has 0 spiro atoms. The van der Waals surface area contributed by atoms with Gasteiger partial charge < -0.3 is 0 Å². The summed E-state index contributed by atoms with van der Waals surface area (Å²) in [7, 11) is 0. The van der Waals surface area contributed by atoms with Gasteiger partial charge in [-0.3, -0.25) is 9.97 Å². The summed E-state index contributed by atoms with van der Waals surface area (Å²) >= 11 is 0. The van der Waals surface area contributed by atoms with Crippen molar-refractivity contribution in [3.63, 3.8) is 0 Å². The minimum atomic E-state index is -0.0532. The van der Waals surface area contributed by atoms with E-state index in [0.717, 1.165) is 33.6 Å². The highest BCUT2D eigenvalue weighted by Gasteiger charge is 2.38. The predicted molar refractivity (Wildman–Crippen MR) is 351 cm³/mol. The Morgan fingerprint density at radius 3 is 0.878 bits per heavy atom. The Labute approximate surface area is 484 Å². The second-order valence-corrected chi connectivity index (χ2v) is 27.3. The second kappa shape index (κ2) is 18.4. The molecule has 0 aliphatic heterocycles. The maximum atomic E-state index is 5.04. The highest BCUT2D eigenvalue weighted by atomic mass is 14.7. The molecule has 2 aliphatic rings. The zero-order valence-electron chi connectivity index (χ0n) is 49.5. The molecule has 0 N–H and O–H groups in total. The fraction of sp³-hybridized carbons (Fsp3) is 0.200. The molecule has 12 aromatic rings. The van der Waals surface area contributed by atoms with E-state index in [4.69, 9.17) is 9.97 Å². The van der Waals surface area contributed by atoms with Gasteiger partial charge in [0.2, 0.25) is 0 Å². The van der Waals surface area contributed by atoms with Gasteiger partial charge in [-0.15, -0.1) is 0 Å². The molecule has 2 nitrogen and oxygen atoms in total. The van der Waals surface area contributed by atoms with Gasteiger partial charge in [0, 0.05) is 23.5 Å². The van der Waals surface area contributed by atoms with Gasteiger partial charge >= 0.3 is 0 Å². The van der Waals surface area contributed by atoms with Crippen molar-refractivity contribution in [1.29, 1.82) is 0 Å². The van der Waals surface area contributed by atoms with Crippen molar-refractivity contribution in [2.24, 2.45) is 0 Å². The molecule has 0 amide bonds. The summed E-state index contributed by atoms with van der Waals surface area (Å²) in [4.78, 5) is 10.1. The summed E-state index contributed by atoms with van der Waals surface area (Å²) in [6.45, 7) is 28.2. The van der Waals surface area contributed by atoms with Gasteiger partial charge in [0.15, 0.2) is 0 Å². The monoisotopic (exact) mass is 1060 g/mol. The average Bonchev–Trinajstić information content (AvgIpc) is 2.58. The zero-order chi connectivity index (χ0) is 56.8. The summed E-state index contributed by atoms with van der Waals surface area (Å²) in [5.41, 5.74) is 29.4. The second-order valence-electron chi connectivity index (χ2n) is 27.3. The van der Waals surface area contributed by atoms with Crippen LogP contribution >= 0.6 is 0 Å². The van der Waals surface area contributed by atoms with Crippen molar-refractivity contribution < 1.29 is 0 Å². The molecule has 0 fully saturated rings. The van der Waals surface area contributed by atoms with Crippen molar-refractivity contribution in [2.45, 2.75) is 105 Å². The first-order chi connectivity index (χ1) is 39.2. The number of hydrogen-bond acceptors (Lipinski definition) is 2. The number of rotatable bonds is 6. The van der Waals surface area contributed by atoms with Gasteiger partial charge in [0.1, 0.15) is 0 Å². The lowest BCUT2D eigenvalue weighted by Gasteiger charge is -2.28. The van der Waals surface area contributed by atoms with Gasteiger partial charge in [0.25, 0.3) is 0 Å². The number of hydrogen-bond donors (Lipinski definition) is 0. The third-order valence-corrected chi connectivity index (χ3v) is 17.8. The number of benzene rings is 10. The summed E-state index contributed by atoms with van der Waals surface area (Å²) in [6.07, 6.45) is 3.84. The summed E-state index contributed by atoms with van der Waals surface area (Å²) in [5, 5.41) is 7.46. The van der Waals surface area contributed by atoms with Crippen molar-refractivity contribution in [1.82, 2.24) is 9.97 Å². The normalized spacial score (nSPS) is 12.9. The van der Waals surface area contributed by atoms with Crippen molar-refractivity contribution in [3.05, 3.63) is 229 Å². The molecule has 2 aliphatic carbocycles. The van der Waals surface area contributed by atoms with Crippen LogP contribution in [0.15, 0.2) is 207 Å². The van der Waals surface area contributed by atoms with Crippen LogP contribution in [0, 0.1) is 0 Å². The Kier molecular flexibility index (Phi) is 11.5. The predicted octanol–water partition coefficient (Wildman–Crippen LogP) is 22.4. The molecule has 0 atom stereocenters. The van der Waals surface area contributed by atoms with E-state index in [2.05, 4.69) is 265 Å². The van der Waals surface area contributed by atoms with Gasteiger partial charge in [-0.25, -0.2) is 0 Å². The largest absolute Gasteiger partial charge is 0.256 e. The van der Waals surface area contributed by atoms with Gasteiger partial charge in [-0.05, 0) is 202 Å². The van der Waals surface area contributed by atoms with E-state index in [1.54, 1.807) is 0 Å². The minimum absolute atomic E-state index is 0.0532. The summed E-state index contributed by atoms with van der Waals surface area (Å²) in [6, 6.07) is 74.0. The molecule has 0 saturated carbocycles. The number of aromatic nitrogens is 2. The Morgan fingerprint density at radius 2 is 0.549 bits per heavy atom. The number of nitrogens with zero attached hydrogens (tertiary/aromatic N) is 2. The minimum Gasteiger partial charge on any atom is -0.256 e. The van der Waals surface area contributed by atoms with E-state index in [9.17, 15) is 0 Å². The van der Waals surface area contributed by atoms with Crippen LogP contribution in [0.2, 0.25) is 0 Å². The highest BCUT2D eigenvalue weighted by Crippen LogP contribution is 2.64. The van der Waals surface area contributed by atoms with E-state index >= 15 is 0 Å². The maximum absolute atomic E-state index is 5.04. The van der Waals surface area contributed by atoms with Crippen LogP contribution < -0.4 is 0 Å². The lowest BCUT2D eigenvalue weighted by molar-refractivity contribution is 0.568. The molecule has 0 saturated heterocycles. The molecule has 10 aromatic carbocycles. The molecular weight excluding hydrogens is 989 g/mol. The molecular formula is C80H70N2. The number of pyridine rings is 2.